The van der Waals surface area contributed by atoms with Gasteiger partial charge < -0.3 is 14.4 Å². The molecule has 1 N–H and O–H groups in total. The molecule has 5 rings (SSSR count). The molecular formula is C23H21ClFNO4S. The summed E-state index contributed by atoms with van der Waals surface area (Å²) in [6.07, 6.45) is 5.16. The third kappa shape index (κ3) is 3.39. The summed E-state index contributed by atoms with van der Waals surface area (Å²) >= 11 is 8.10. The second-order valence-electron chi connectivity index (χ2n) is 8.08. The quantitative estimate of drug-likeness (QED) is 0.528. The van der Waals surface area contributed by atoms with Gasteiger partial charge in [0.25, 0.3) is 0 Å². The van der Waals surface area contributed by atoms with Crippen LogP contribution in [0.2, 0.25) is 5.02 Å². The zero-order valence-corrected chi connectivity index (χ0v) is 18.5. The molecule has 162 valence electrons. The van der Waals surface area contributed by atoms with Gasteiger partial charge in [0.1, 0.15) is 11.4 Å². The number of hydrogen-bond donors (Lipinski definition) is 1. The molecule has 1 aromatic carbocycles. The molecular weight excluding hydrogens is 441 g/mol. The van der Waals surface area contributed by atoms with Gasteiger partial charge in [0.2, 0.25) is 5.43 Å². The van der Waals surface area contributed by atoms with Crippen molar-refractivity contribution in [1.82, 2.24) is 4.57 Å². The highest BCUT2D eigenvalue weighted by molar-refractivity contribution is 7.15. The van der Waals surface area contributed by atoms with Gasteiger partial charge in [0.05, 0.1) is 28.6 Å². The molecule has 0 saturated heterocycles. The molecule has 1 atom stereocenters. The predicted molar refractivity (Wildman–Crippen MR) is 119 cm³/mol. The molecule has 31 heavy (non-hydrogen) atoms. The maximum absolute atomic E-state index is 15.3. The molecule has 1 saturated carbocycles. The Morgan fingerprint density at radius 2 is 2.13 bits per heavy atom. The summed E-state index contributed by atoms with van der Waals surface area (Å²) in [6, 6.07) is 3.17. The highest BCUT2D eigenvalue weighted by atomic mass is 35.5. The number of halogens is 2. The number of fused-ring (bicyclic) bond motifs is 2. The van der Waals surface area contributed by atoms with Crippen molar-refractivity contribution >= 4 is 39.8 Å². The normalized spacial score (nSPS) is 18.3. The monoisotopic (exact) mass is 461 g/mol. The number of aromatic nitrogens is 1. The molecule has 0 amide bonds. The Kier molecular flexibility index (Phi) is 5.15. The predicted octanol–water partition coefficient (Wildman–Crippen LogP) is 5.40. The van der Waals surface area contributed by atoms with Crippen molar-refractivity contribution in [2.75, 3.05) is 6.61 Å². The van der Waals surface area contributed by atoms with E-state index in [1.54, 1.807) is 6.92 Å². The van der Waals surface area contributed by atoms with Crippen molar-refractivity contribution in [1.29, 1.82) is 0 Å². The Balaban J connectivity index is 1.76. The first-order chi connectivity index (χ1) is 14.9. The summed E-state index contributed by atoms with van der Waals surface area (Å²) in [4.78, 5) is 26.8. The smallest absolute Gasteiger partial charge is 0.343 e. The number of hydrogen-bond acceptors (Lipinski definition) is 5. The molecule has 0 spiro atoms. The third-order valence-electron chi connectivity index (χ3n) is 5.96. The first-order valence-corrected chi connectivity index (χ1v) is 11.6. The topological polar surface area (TPSA) is 68.5 Å². The van der Waals surface area contributed by atoms with E-state index in [1.807, 2.05) is 10.6 Å². The van der Waals surface area contributed by atoms with Crippen LogP contribution in [0.25, 0.3) is 21.3 Å². The first kappa shape index (κ1) is 20.7. The van der Waals surface area contributed by atoms with Gasteiger partial charge in [-0.2, -0.15) is 0 Å². The van der Waals surface area contributed by atoms with Crippen molar-refractivity contribution in [2.45, 2.75) is 51.2 Å². The molecule has 5 nitrogen and oxygen atoms in total. The third-order valence-corrected chi connectivity index (χ3v) is 7.62. The van der Waals surface area contributed by atoms with Crippen LogP contribution in [0.3, 0.4) is 0 Å². The van der Waals surface area contributed by atoms with Crippen LogP contribution in [0.1, 0.15) is 65.6 Å². The van der Waals surface area contributed by atoms with Crippen LogP contribution >= 0.6 is 22.9 Å². The molecule has 1 fully saturated rings. The van der Waals surface area contributed by atoms with E-state index in [9.17, 15) is 14.7 Å². The maximum atomic E-state index is 15.3. The van der Waals surface area contributed by atoms with Crippen molar-refractivity contribution < 1.29 is 19.0 Å². The summed E-state index contributed by atoms with van der Waals surface area (Å²) in [6.45, 7) is 1.81. The second-order valence-corrected chi connectivity index (χ2v) is 9.54. The number of aliphatic hydroxyl groups excluding tert-OH is 1. The van der Waals surface area contributed by atoms with Crippen LogP contribution in [0.4, 0.5) is 4.39 Å². The molecule has 2 heterocycles. The Bertz CT molecular complexity index is 1280. The lowest BCUT2D eigenvalue weighted by Crippen LogP contribution is -2.21. The van der Waals surface area contributed by atoms with E-state index in [0.717, 1.165) is 36.1 Å². The summed E-state index contributed by atoms with van der Waals surface area (Å²) in [7, 11) is 0. The highest BCUT2D eigenvalue weighted by Gasteiger charge is 2.31. The fourth-order valence-electron chi connectivity index (χ4n) is 4.32. The first-order valence-electron chi connectivity index (χ1n) is 10.5. The highest BCUT2D eigenvalue weighted by Crippen LogP contribution is 2.46. The van der Waals surface area contributed by atoms with Gasteiger partial charge in [0.15, 0.2) is 0 Å². The van der Waals surface area contributed by atoms with Gasteiger partial charge >= 0.3 is 5.97 Å². The maximum Gasteiger partial charge on any atom is 0.343 e. The number of carbonyl (C=O) groups is 1. The number of esters is 1. The fraction of sp³-hybridized carbons (Fsp3) is 0.391. The van der Waals surface area contributed by atoms with Gasteiger partial charge in [0, 0.05) is 27.6 Å². The van der Waals surface area contributed by atoms with Crippen molar-refractivity contribution in [2.24, 2.45) is 0 Å². The van der Waals surface area contributed by atoms with E-state index in [4.69, 9.17) is 16.3 Å². The average Bonchev–Trinajstić information content (AvgIpc) is 3.48. The van der Waals surface area contributed by atoms with Gasteiger partial charge in [-0.3, -0.25) is 4.79 Å². The number of aliphatic hydroxyl groups is 1. The number of pyridine rings is 1. The molecule has 2 aliphatic rings. The van der Waals surface area contributed by atoms with Gasteiger partial charge in [-0.05, 0) is 56.7 Å². The number of carbonyl (C=O) groups excluding carboxylic acids is 1. The summed E-state index contributed by atoms with van der Waals surface area (Å²) in [5.74, 6) is -1.34. The number of rotatable bonds is 4. The molecule has 8 heteroatoms. The van der Waals surface area contributed by atoms with Crippen LogP contribution in [0.15, 0.2) is 23.1 Å². The molecule has 0 radical (unpaired) electrons. The minimum atomic E-state index is -0.718. The second kappa shape index (κ2) is 7.73. The Morgan fingerprint density at radius 3 is 2.81 bits per heavy atom. The summed E-state index contributed by atoms with van der Waals surface area (Å²) in [5, 5.41) is 10.5. The van der Waals surface area contributed by atoms with E-state index in [1.165, 1.54) is 23.6 Å². The Hall–Kier alpha value is -2.22. The molecule has 3 aromatic rings. The minimum absolute atomic E-state index is 0.0741. The van der Waals surface area contributed by atoms with E-state index >= 15 is 4.39 Å². The van der Waals surface area contributed by atoms with E-state index in [-0.39, 0.29) is 34.2 Å². The largest absolute Gasteiger partial charge is 0.462 e. The lowest BCUT2D eigenvalue weighted by Gasteiger charge is -2.16. The zero-order valence-electron chi connectivity index (χ0n) is 16.9. The van der Waals surface area contributed by atoms with E-state index in [2.05, 4.69) is 0 Å². The average molecular weight is 462 g/mol. The SMILES string of the molecule is CCOC(=O)c1cn(C2CC2)c2c(Cl)c(-c3cc4c(s3)C(O)CCC4)c(F)cc2c1=O. The standard InChI is InChI=1S/C23H21ClFNO4S/c1-2-30-23(29)14-10-26(12-6-7-12)20-13(21(14)28)9-15(25)18(19(20)24)17-8-11-4-3-5-16(27)22(11)31-17/h8-10,12,16,27H,2-7H2,1H3. The van der Waals surface area contributed by atoms with Crippen LogP contribution < -0.4 is 5.43 Å². The van der Waals surface area contributed by atoms with Gasteiger partial charge in [-0.25, -0.2) is 9.18 Å². The van der Waals surface area contributed by atoms with E-state index < -0.39 is 23.3 Å². The van der Waals surface area contributed by atoms with Crippen molar-refractivity contribution in [3.63, 3.8) is 0 Å². The molecule has 0 aliphatic heterocycles. The van der Waals surface area contributed by atoms with Crippen molar-refractivity contribution in [3.8, 4) is 10.4 Å². The number of thiophene rings is 1. The zero-order chi connectivity index (χ0) is 21.9. The minimum Gasteiger partial charge on any atom is -0.462 e. The number of nitrogens with zero attached hydrogens (tertiary/aromatic N) is 1. The van der Waals surface area contributed by atoms with Crippen molar-refractivity contribution in [3.05, 3.63) is 55.4 Å². The summed E-state index contributed by atoms with van der Waals surface area (Å²) < 4.78 is 22.2. The van der Waals surface area contributed by atoms with Crippen LogP contribution in [0, 0.1) is 5.82 Å². The Labute approximate surface area is 187 Å². The molecule has 2 aromatic heterocycles. The van der Waals surface area contributed by atoms with Crippen LogP contribution in [-0.4, -0.2) is 22.2 Å². The molecule has 2 aliphatic carbocycles. The fourth-order valence-corrected chi connectivity index (χ4v) is 6.06. The molecule has 1 unspecified atom stereocenters. The van der Waals surface area contributed by atoms with Crippen LogP contribution in [0.5, 0.6) is 0 Å². The number of benzene rings is 1. The Morgan fingerprint density at radius 1 is 1.35 bits per heavy atom. The van der Waals surface area contributed by atoms with Crippen LogP contribution in [-0.2, 0) is 11.2 Å². The van der Waals surface area contributed by atoms with Gasteiger partial charge in [-0.15, -0.1) is 11.3 Å². The number of ether oxygens (including phenoxy) is 1. The molecule has 0 bridgehead atoms. The summed E-state index contributed by atoms with van der Waals surface area (Å²) in [5.41, 5.74) is 0.994. The van der Waals surface area contributed by atoms with Gasteiger partial charge in [-0.1, -0.05) is 11.6 Å². The van der Waals surface area contributed by atoms with E-state index in [0.29, 0.717) is 16.8 Å². The number of aryl methyl sites for hydroxylation is 1. The lowest BCUT2D eigenvalue weighted by molar-refractivity contribution is 0.0524. The lowest BCUT2D eigenvalue weighted by atomic mass is 9.96.